The Labute approximate surface area is 136 Å². The molecule has 0 aromatic heterocycles. The monoisotopic (exact) mass is 311 g/mol. The number of urea groups is 1. The van der Waals surface area contributed by atoms with Crippen LogP contribution in [0.4, 0.5) is 16.2 Å². The van der Waals surface area contributed by atoms with E-state index >= 15 is 0 Å². The highest BCUT2D eigenvalue weighted by atomic mass is 16.5. The molecule has 5 nitrogen and oxygen atoms in total. The van der Waals surface area contributed by atoms with Gasteiger partial charge in [-0.2, -0.15) is 0 Å². The van der Waals surface area contributed by atoms with E-state index in [1.165, 1.54) is 11.1 Å². The lowest BCUT2D eigenvalue weighted by Gasteiger charge is -2.18. The van der Waals surface area contributed by atoms with Crippen LogP contribution in [0, 0.1) is 0 Å². The summed E-state index contributed by atoms with van der Waals surface area (Å²) in [4.78, 5) is 12.2. The predicted molar refractivity (Wildman–Crippen MR) is 92.1 cm³/mol. The molecule has 0 radical (unpaired) electrons. The van der Waals surface area contributed by atoms with Crippen molar-refractivity contribution in [1.29, 1.82) is 0 Å². The van der Waals surface area contributed by atoms with Crippen molar-refractivity contribution >= 4 is 17.4 Å². The Morgan fingerprint density at radius 3 is 2.91 bits per heavy atom. The Bertz CT molecular complexity index is 700. The van der Waals surface area contributed by atoms with Gasteiger partial charge >= 0.3 is 6.03 Å². The first kappa shape index (κ1) is 15.4. The number of nitrogens with one attached hydrogen (secondary N) is 3. The van der Waals surface area contributed by atoms with Gasteiger partial charge in [0.2, 0.25) is 0 Å². The molecule has 0 fully saturated rings. The van der Waals surface area contributed by atoms with Crippen molar-refractivity contribution in [3.63, 3.8) is 0 Å². The first-order valence-corrected chi connectivity index (χ1v) is 7.88. The number of para-hydroxylation sites is 2. The van der Waals surface area contributed by atoms with Gasteiger partial charge in [0.25, 0.3) is 0 Å². The summed E-state index contributed by atoms with van der Waals surface area (Å²) in [5.74, 6) is 0.668. The van der Waals surface area contributed by atoms with Crippen LogP contribution < -0.4 is 20.7 Å². The van der Waals surface area contributed by atoms with Crippen molar-refractivity contribution in [2.45, 2.75) is 19.9 Å². The van der Waals surface area contributed by atoms with Crippen molar-refractivity contribution in [1.82, 2.24) is 5.32 Å². The van der Waals surface area contributed by atoms with Gasteiger partial charge in [-0.1, -0.05) is 18.2 Å². The van der Waals surface area contributed by atoms with Gasteiger partial charge in [-0.3, -0.25) is 0 Å². The van der Waals surface area contributed by atoms with Crippen LogP contribution in [-0.4, -0.2) is 19.2 Å². The zero-order valence-corrected chi connectivity index (χ0v) is 13.2. The summed E-state index contributed by atoms with van der Waals surface area (Å²) in [6, 6.07) is 13.2. The fourth-order valence-electron chi connectivity index (χ4n) is 2.69. The summed E-state index contributed by atoms with van der Waals surface area (Å²) in [5.41, 5.74) is 4.05. The van der Waals surface area contributed by atoms with Crippen LogP contribution in [0.1, 0.15) is 18.1 Å². The lowest BCUT2D eigenvalue weighted by molar-refractivity contribution is 0.262. The van der Waals surface area contributed by atoms with Crippen molar-refractivity contribution in [2.24, 2.45) is 0 Å². The summed E-state index contributed by atoms with van der Waals surface area (Å²) in [6.07, 6.45) is 0.986. The number of carbonyl (C=O) groups excluding carboxylic acids is 1. The van der Waals surface area contributed by atoms with Crippen LogP contribution in [0.2, 0.25) is 0 Å². The Hall–Kier alpha value is -2.53. The van der Waals surface area contributed by atoms with Gasteiger partial charge in [-0.05, 0) is 55.3 Å². The minimum absolute atomic E-state index is 0.272. The van der Waals surface area contributed by atoms with Crippen LogP contribution in [0.5, 0.6) is 5.75 Å². The van der Waals surface area contributed by atoms with Crippen LogP contribution >= 0.6 is 0 Å². The quantitative estimate of drug-likeness (QED) is 0.811. The van der Waals surface area contributed by atoms with E-state index in [1.54, 1.807) is 0 Å². The molecule has 3 rings (SSSR count). The first-order valence-electron chi connectivity index (χ1n) is 7.88. The van der Waals surface area contributed by atoms with E-state index in [4.69, 9.17) is 4.74 Å². The number of hydrogen-bond donors (Lipinski definition) is 3. The molecule has 5 heteroatoms. The van der Waals surface area contributed by atoms with Crippen LogP contribution in [0.25, 0.3) is 0 Å². The van der Waals surface area contributed by atoms with Crippen LogP contribution in [0.3, 0.4) is 0 Å². The van der Waals surface area contributed by atoms with Crippen molar-refractivity contribution < 1.29 is 9.53 Å². The van der Waals surface area contributed by atoms with E-state index in [2.05, 4.69) is 22.0 Å². The molecule has 0 aliphatic carbocycles. The Morgan fingerprint density at radius 2 is 2.04 bits per heavy atom. The molecule has 0 saturated carbocycles. The second-order valence-electron chi connectivity index (χ2n) is 5.42. The summed E-state index contributed by atoms with van der Waals surface area (Å²) in [5, 5.41) is 9.06. The van der Waals surface area contributed by atoms with E-state index < -0.39 is 0 Å². The predicted octanol–water partition coefficient (Wildman–Crippen LogP) is 3.38. The molecule has 0 spiro atoms. The molecule has 0 saturated heterocycles. The fourth-order valence-corrected chi connectivity index (χ4v) is 2.69. The second kappa shape index (κ2) is 7.15. The maximum Gasteiger partial charge on any atom is 0.323 e. The molecular formula is C18H21N3O2. The number of carbonyl (C=O) groups is 1. The highest BCUT2D eigenvalue weighted by Gasteiger charge is 2.11. The van der Waals surface area contributed by atoms with E-state index in [9.17, 15) is 4.79 Å². The lowest BCUT2D eigenvalue weighted by Crippen LogP contribution is -2.24. The fraction of sp³-hybridized carbons (Fsp3) is 0.278. The van der Waals surface area contributed by atoms with E-state index in [1.807, 2.05) is 43.3 Å². The molecule has 0 atom stereocenters. The maximum atomic E-state index is 12.2. The van der Waals surface area contributed by atoms with Gasteiger partial charge < -0.3 is 20.7 Å². The minimum atomic E-state index is -0.272. The topological polar surface area (TPSA) is 62.4 Å². The Balaban J connectivity index is 1.68. The third-order valence-electron chi connectivity index (χ3n) is 3.79. The minimum Gasteiger partial charge on any atom is -0.492 e. The molecule has 3 N–H and O–H groups in total. The number of fused-ring (bicyclic) bond motifs is 1. The molecule has 1 heterocycles. The summed E-state index contributed by atoms with van der Waals surface area (Å²) in [6.45, 7) is 4.34. The molecule has 2 amide bonds. The standard InChI is InChI=1S/C18H21N3O2/c1-2-23-17-6-4-3-5-16(17)21-18(22)20-15-8-7-14-12-19-10-9-13(14)11-15/h3-8,11,19H,2,9-10,12H2,1H3,(H2,20,21,22). The average Bonchev–Trinajstić information content (AvgIpc) is 2.57. The molecule has 1 aliphatic heterocycles. The number of amides is 2. The summed E-state index contributed by atoms with van der Waals surface area (Å²) in [7, 11) is 0. The molecule has 23 heavy (non-hydrogen) atoms. The number of ether oxygens (including phenoxy) is 1. The van der Waals surface area contributed by atoms with E-state index in [-0.39, 0.29) is 6.03 Å². The third kappa shape index (κ3) is 3.81. The second-order valence-corrected chi connectivity index (χ2v) is 5.42. The molecule has 0 bridgehead atoms. The van der Waals surface area contributed by atoms with Gasteiger partial charge in [0.1, 0.15) is 5.75 Å². The van der Waals surface area contributed by atoms with Crippen molar-refractivity contribution in [2.75, 3.05) is 23.8 Å². The van der Waals surface area contributed by atoms with Gasteiger partial charge in [-0.15, -0.1) is 0 Å². The Morgan fingerprint density at radius 1 is 1.17 bits per heavy atom. The SMILES string of the molecule is CCOc1ccccc1NC(=O)Nc1ccc2c(c1)CCNC2. The van der Waals surface area contributed by atoms with Crippen LogP contribution in [0.15, 0.2) is 42.5 Å². The number of benzene rings is 2. The summed E-state index contributed by atoms with van der Waals surface area (Å²) >= 11 is 0. The number of rotatable bonds is 4. The molecule has 120 valence electrons. The van der Waals surface area contributed by atoms with Gasteiger partial charge in [0, 0.05) is 12.2 Å². The zero-order chi connectivity index (χ0) is 16.1. The molecule has 1 aliphatic rings. The molecule has 2 aromatic carbocycles. The number of hydrogen-bond acceptors (Lipinski definition) is 3. The normalized spacial score (nSPS) is 13.1. The molecular weight excluding hydrogens is 290 g/mol. The zero-order valence-electron chi connectivity index (χ0n) is 13.2. The van der Waals surface area contributed by atoms with Gasteiger partial charge in [0.15, 0.2) is 0 Å². The smallest absolute Gasteiger partial charge is 0.323 e. The van der Waals surface area contributed by atoms with Gasteiger partial charge in [0.05, 0.1) is 12.3 Å². The van der Waals surface area contributed by atoms with Crippen LogP contribution in [-0.2, 0) is 13.0 Å². The van der Waals surface area contributed by atoms with Gasteiger partial charge in [-0.25, -0.2) is 4.79 Å². The highest BCUT2D eigenvalue weighted by molar-refractivity contribution is 6.00. The maximum absolute atomic E-state index is 12.2. The molecule has 0 unspecified atom stereocenters. The largest absolute Gasteiger partial charge is 0.492 e. The first-order chi connectivity index (χ1) is 11.3. The third-order valence-corrected chi connectivity index (χ3v) is 3.79. The van der Waals surface area contributed by atoms with E-state index in [0.717, 1.165) is 25.2 Å². The summed E-state index contributed by atoms with van der Waals surface area (Å²) < 4.78 is 5.51. The van der Waals surface area contributed by atoms with Crippen molar-refractivity contribution in [3.8, 4) is 5.75 Å². The lowest BCUT2D eigenvalue weighted by atomic mass is 10.0. The average molecular weight is 311 g/mol. The molecule has 2 aromatic rings. The van der Waals surface area contributed by atoms with E-state index in [0.29, 0.717) is 18.0 Å². The number of anilines is 2. The Kier molecular flexibility index (Phi) is 4.78. The van der Waals surface area contributed by atoms with Crippen molar-refractivity contribution in [3.05, 3.63) is 53.6 Å². The highest BCUT2D eigenvalue weighted by Crippen LogP contribution is 2.24.